The summed E-state index contributed by atoms with van der Waals surface area (Å²) >= 11 is 0. The lowest BCUT2D eigenvalue weighted by Crippen LogP contribution is -2.27. The van der Waals surface area contributed by atoms with Crippen molar-refractivity contribution in [1.29, 1.82) is 0 Å². The smallest absolute Gasteiger partial charge is 0.119 e. The fourth-order valence-electron chi connectivity index (χ4n) is 1.34. The van der Waals surface area contributed by atoms with Crippen molar-refractivity contribution in [1.82, 2.24) is 0 Å². The van der Waals surface area contributed by atoms with Crippen LogP contribution in [0, 0.1) is 0 Å². The minimum Gasteiger partial charge on any atom is -0.491 e. The first kappa shape index (κ1) is 15.1. The van der Waals surface area contributed by atoms with Gasteiger partial charge in [-0.2, -0.15) is 0 Å². The van der Waals surface area contributed by atoms with E-state index in [2.05, 4.69) is 0 Å². The minimum atomic E-state index is -1.01. The van der Waals surface area contributed by atoms with Crippen molar-refractivity contribution in [2.45, 2.75) is 31.7 Å². The van der Waals surface area contributed by atoms with Crippen molar-refractivity contribution in [3.05, 3.63) is 29.8 Å². The summed E-state index contributed by atoms with van der Waals surface area (Å²) in [7, 11) is -1.01. The summed E-state index contributed by atoms with van der Waals surface area (Å²) < 4.78 is 17.0. The Morgan fingerprint density at radius 3 is 2.44 bits per heavy atom. The molecule has 0 aliphatic heterocycles. The van der Waals surface area contributed by atoms with E-state index in [9.17, 15) is 9.32 Å². The van der Waals surface area contributed by atoms with E-state index >= 15 is 0 Å². The molecule has 0 aliphatic carbocycles. The van der Waals surface area contributed by atoms with Crippen LogP contribution in [-0.2, 0) is 17.3 Å². The van der Waals surface area contributed by atoms with Gasteiger partial charge in [-0.25, -0.2) is 0 Å². The van der Waals surface area contributed by atoms with Crippen LogP contribution in [0.4, 0.5) is 0 Å². The number of benzene rings is 1. The standard InChI is InChI=1S/C13H21NO3S/c1-10(2)18(16)9-12(15)8-17-13-5-3-11(7-14)4-6-13/h3-6,10,12,15H,7-9,14H2,1-2H3. The lowest BCUT2D eigenvalue weighted by atomic mass is 10.2. The highest BCUT2D eigenvalue weighted by Gasteiger charge is 2.13. The zero-order valence-electron chi connectivity index (χ0n) is 10.8. The largest absolute Gasteiger partial charge is 0.491 e. The zero-order chi connectivity index (χ0) is 13.5. The zero-order valence-corrected chi connectivity index (χ0v) is 11.7. The number of aliphatic hydroxyl groups is 1. The average molecular weight is 271 g/mol. The van der Waals surface area contributed by atoms with E-state index in [-0.39, 0.29) is 17.6 Å². The van der Waals surface area contributed by atoms with Gasteiger partial charge < -0.3 is 15.6 Å². The molecule has 102 valence electrons. The van der Waals surface area contributed by atoms with Crippen LogP contribution in [0.15, 0.2) is 24.3 Å². The quantitative estimate of drug-likeness (QED) is 0.777. The van der Waals surface area contributed by atoms with Crippen LogP contribution < -0.4 is 10.5 Å². The Balaban J connectivity index is 2.37. The van der Waals surface area contributed by atoms with Crippen LogP contribution in [0.3, 0.4) is 0 Å². The van der Waals surface area contributed by atoms with Gasteiger partial charge in [0.15, 0.2) is 0 Å². The van der Waals surface area contributed by atoms with Crippen LogP contribution in [-0.4, -0.2) is 33.0 Å². The SMILES string of the molecule is CC(C)S(=O)CC(O)COc1ccc(CN)cc1. The monoisotopic (exact) mass is 271 g/mol. The molecule has 1 rings (SSSR count). The van der Waals surface area contributed by atoms with Crippen molar-refractivity contribution >= 4 is 10.8 Å². The summed E-state index contributed by atoms with van der Waals surface area (Å²) in [4.78, 5) is 0. The number of nitrogens with two attached hydrogens (primary N) is 1. The molecule has 5 heteroatoms. The molecule has 2 unspecified atom stereocenters. The maximum absolute atomic E-state index is 11.5. The first-order chi connectivity index (χ1) is 8.52. The van der Waals surface area contributed by atoms with Crippen LogP contribution >= 0.6 is 0 Å². The van der Waals surface area contributed by atoms with Gasteiger partial charge >= 0.3 is 0 Å². The van der Waals surface area contributed by atoms with E-state index < -0.39 is 16.9 Å². The molecule has 3 N–H and O–H groups in total. The molecule has 4 nitrogen and oxygen atoms in total. The van der Waals surface area contributed by atoms with Crippen LogP contribution in [0.5, 0.6) is 5.75 Å². The topological polar surface area (TPSA) is 72.5 Å². The van der Waals surface area contributed by atoms with Gasteiger partial charge in [-0.3, -0.25) is 4.21 Å². The minimum absolute atomic E-state index is 0.0588. The van der Waals surface area contributed by atoms with Crippen LogP contribution in [0.1, 0.15) is 19.4 Å². The Labute approximate surface area is 111 Å². The molecule has 0 spiro atoms. The Kier molecular flexibility index (Phi) is 6.32. The molecule has 0 fully saturated rings. The highest BCUT2D eigenvalue weighted by Crippen LogP contribution is 2.12. The van der Waals surface area contributed by atoms with Gasteiger partial charge in [0.05, 0.1) is 11.9 Å². The van der Waals surface area contributed by atoms with Crippen molar-refractivity contribution in [2.75, 3.05) is 12.4 Å². The second kappa shape index (κ2) is 7.51. The molecule has 0 radical (unpaired) electrons. The number of rotatable bonds is 7. The maximum Gasteiger partial charge on any atom is 0.119 e. The number of aliphatic hydroxyl groups excluding tert-OH is 1. The third-order valence-electron chi connectivity index (χ3n) is 2.48. The molecule has 0 saturated heterocycles. The van der Waals surface area contributed by atoms with Crippen molar-refractivity contribution in [3.63, 3.8) is 0 Å². The Morgan fingerprint density at radius 2 is 1.94 bits per heavy atom. The van der Waals surface area contributed by atoms with E-state index in [4.69, 9.17) is 10.5 Å². The van der Waals surface area contributed by atoms with Crippen molar-refractivity contribution < 1.29 is 14.1 Å². The van der Waals surface area contributed by atoms with E-state index in [0.29, 0.717) is 12.3 Å². The van der Waals surface area contributed by atoms with Gasteiger partial charge in [-0.1, -0.05) is 26.0 Å². The summed E-state index contributed by atoms with van der Waals surface area (Å²) in [5.74, 6) is 0.931. The molecular formula is C13H21NO3S. The molecule has 0 saturated carbocycles. The fraction of sp³-hybridized carbons (Fsp3) is 0.538. The summed E-state index contributed by atoms with van der Waals surface area (Å²) in [5, 5.41) is 9.75. The molecule has 1 aromatic carbocycles. The van der Waals surface area contributed by atoms with Gasteiger partial charge in [0.2, 0.25) is 0 Å². The number of hydrogen-bond donors (Lipinski definition) is 2. The van der Waals surface area contributed by atoms with Crippen molar-refractivity contribution in [3.8, 4) is 5.75 Å². The first-order valence-corrected chi connectivity index (χ1v) is 7.38. The van der Waals surface area contributed by atoms with E-state index in [1.165, 1.54) is 0 Å². The number of ether oxygens (including phenoxy) is 1. The Hall–Kier alpha value is -0.910. The van der Waals surface area contributed by atoms with Gasteiger partial charge in [0.25, 0.3) is 0 Å². The van der Waals surface area contributed by atoms with Crippen LogP contribution in [0.25, 0.3) is 0 Å². The van der Waals surface area contributed by atoms with Gasteiger partial charge in [-0.05, 0) is 17.7 Å². The summed E-state index contributed by atoms with van der Waals surface area (Å²) in [6.45, 7) is 4.39. The molecule has 2 atom stereocenters. The predicted molar refractivity (Wildman–Crippen MR) is 74.0 cm³/mol. The normalized spacial score (nSPS) is 14.5. The molecular weight excluding hydrogens is 250 g/mol. The Bertz CT molecular complexity index is 378. The Morgan fingerprint density at radius 1 is 1.33 bits per heavy atom. The molecule has 0 amide bonds. The summed E-state index contributed by atoms with van der Waals surface area (Å²) in [6.07, 6.45) is -0.706. The van der Waals surface area contributed by atoms with Gasteiger partial charge in [0, 0.05) is 22.6 Å². The fourth-order valence-corrected chi connectivity index (χ4v) is 2.20. The van der Waals surface area contributed by atoms with Gasteiger partial charge in [-0.15, -0.1) is 0 Å². The third kappa shape index (κ3) is 5.16. The molecule has 0 bridgehead atoms. The molecule has 18 heavy (non-hydrogen) atoms. The second-order valence-corrected chi connectivity index (χ2v) is 6.45. The highest BCUT2D eigenvalue weighted by atomic mass is 32.2. The summed E-state index contributed by atoms with van der Waals surface area (Å²) in [6, 6.07) is 7.39. The van der Waals surface area contributed by atoms with E-state index in [0.717, 1.165) is 5.56 Å². The van der Waals surface area contributed by atoms with E-state index in [1.807, 2.05) is 38.1 Å². The first-order valence-electron chi connectivity index (χ1n) is 6.00. The summed E-state index contributed by atoms with van der Waals surface area (Å²) in [5.41, 5.74) is 6.52. The number of hydrogen-bond acceptors (Lipinski definition) is 4. The third-order valence-corrected chi connectivity index (χ3v) is 4.25. The van der Waals surface area contributed by atoms with Crippen LogP contribution in [0.2, 0.25) is 0 Å². The second-order valence-electron chi connectivity index (χ2n) is 4.41. The van der Waals surface area contributed by atoms with E-state index in [1.54, 1.807) is 0 Å². The molecule has 0 aromatic heterocycles. The van der Waals surface area contributed by atoms with Crippen molar-refractivity contribution in [2.24, 2.45) is 5.73 Å². The lowest BCUT2D eigenvalue weighted by Gasteiger charge is -2.13. The molecule has 0 aliphatic rings. The molecule has 1 aromatic rings. The molecule has 0 heterocycles. The maximum atomic E-state index is 11.5. The highest BCUT2D eigenvalue weighted by molar-refractivity contribution is 7.85. The average Bonchev–Trinajstić information content (AvgIpc) is 2.36. The predicted octanol–water partition coefficient (Wildman–Crippen LogP) is 1.04. The van der Waals surface area contributed by atoms with Gasteiger partial charge in [0.1, 0.15) is 12.4 Å². The lowest BCUT2D eigenvalue weighted by molar-refractivity contribution is 0.125.